The van der Waals surface area contributed by atoms with Crippen molar-refractivity contribution in [2.45, 2.75) is 0 Å². The minimum atomic E-state index is -0.765. The van der Waals surface area contributed by atoms with Crippen molar-refractivity contribution >= 4 is 34.9 Å². The minimum absolute atomic E-state index is 0.214. The first-order valence-corrected chi connectivity index (χ1v) is 5.15. The molecule has 0 spiro atoms. The first-order valence-electron chi connectivity index (χ1n) is 4.77. The molecule has 1 aliphatic heterocycles. The van der Waals surface area contributed by atoms with Crippen molar-refractivity contribution in [3.8, 4) is 0 Å². The summed E-state index contributed by atoms with van der Waals surface area (Å²) in [5, 5.41) is 0.255. The Kier molecular flexibility index (Phi) is 2.85. The van der Waals surface area contributed by atoms with Crippen LogP contribution in [0.4, 0.5) is 5.69 Å². The number of benzene rings is 1. The van der Waals surface area contributed by atoms with Gasteiger partial charge in [-0.1, -0.05) is 17.7 Å². The number of carbonyl (C=O) groups is 3. The molecule has 0 bridgehead atoms. The van der Waals surface area contributed by atoms with Crippen molar-refractivity contribution < 1.29 is 19.1 Å². The maximum Gasteiger partial charge on any atom is 0.325 e. The molecule has 1 aliphatic rings. The lowest BCUT2D eigenvalue weighted by molar-refractivity contribution is -0.139. The highest BCUT2D eigenvalue weighted by Crippen LogP contribution is 2.35. The number of para-hydroxylation sites is 1. The van der Waals surface area contributed by atoms with Crippen LogP contribution >= 0.6 is 11.6 Å². The summed E-state index contributed by atoms with van der Waals surface area (Å²) in [6, 6.07) is 4.63. The van der Waals surface area contributed by atoms with Gasteiger partial charge in [0.05, 0.1) is 23.4 Å². The molecule has 6 heteroatoms. The van der Waals surface area contributed by atoms with Crippen molar-refractivity contribution in [2.24, 2.45) is 0 Å². The summed E-state index contributed by atoms with van der Waals surface area (Å²) in [6.45, 7) is -0.322. The fourth-order valence-electron chi connectivity index (χ4n) is 1.66. The van der Waals surface area contributed by atoms with Crippen LogP contribution < -0.4 is 4.90 Å². The van der Waals surface area contributed by atoms with E-state index < -0.39 is 17.7 Å². The predicted octanol–water partition coefficient (Wildman–Crippen LogP) is 1.04. The molecule has 1 amide bonds. The fourth-order valence-corrected chi connectivity index (χ4v) is 1.93. The Labute approximate surface area is 102 Å². The molecular formula is C11H8ClNO4. The van der Waals surface area contributed by atoms with E-state index in [2.05, 4.69) is 4.74 Å². The van der Waals surface area contributed by atoms with Gasteiger partial charge in [-0.15, -0.1) is 0 Å². The Morgan fingerprint density at radius 3 is 2.76 bits per heavy atom. The van der Waals surface area contributed by atoms with Crippen LogP contribution in [-0.4, -0.2) is 31.3 Å². The fraction of sp³-hybridized carbons (Fsp3) is 0.182. The van der Waals surface area contributed by atoms with Crippen LogP contribution in [0.1, 0.15) is 10.4 Å². The van der Waals surface area contributed by atoms with Gasteiger partial charge in [0.2, 0.25) is 0 Å². The number of ether oxygens (including phenoxy) is 1. The predicted molar refractivity (Wildman–Crippen MR) is 60.2 cm³/mol. The number of methoxy groups -OCH3 is 1. The molecule has 0 aliphatic carbocycles. The maximum absolute atomic E-state index is 11.7. The van der Waals surface area contributed by atoms with Crippen LogP contribution in [0.3, 0.4) is 0 Å². The monoisotopic (exact) mass is 253 g/mol. The van der Waals surface area contributed by atoms with Gasteiger partial charge in [0.1, 0.15) is 6.54 Å². The second-order valence-electron chi connectivity index (χ2n) is 3.43. The molecule has 1 heterocycles. The average Bonchev–Trinajstić information content (AvgIpc) is 2.56. The number of ketones is 1. The number of carbonyl (C=O) groups excluding carboxylic acids is 3. The van der Waals surface area contributed by atoms with Crippen LogP contribution in [0.25, 0.3) is 0 Å². The summed E-state index contributed by atoms with van der Waals surface area (Å²) in [7, 11) is 1.21. The maximum atomic E-state index is 11.7. The number of fused-ring (bicyclic) bond motifs is 1. The molecule has 0 N–H and O–H groups in total. The molecular weight excluding hydrogens is 246 g/mol. The van der Waals surface area contributed by atoms with E-state index >= 15 is 0 Å². The number of esters is 1. The molecule has 88 valence electrons. The summed E-state index contributed by atoms with van der Waals surface area (Å²) in [4.78, 5) is 35.5. The number of hydrogen-bond acceptors (Lipinski definition) is 4. The summed E-state index contributed by atoms with van der Waals surface area (Å²) >= 11 is 5.92. The van der Waals surface area contributed by atoms with Gasteiger partial charge in [-0.05, 0) is 12.1 Å². The zero-order valence-electron chi connectivity index (χ0n) is 8.90. The van der Waals surface area contributed by atoms with Gasteiger partial charge >= 0.3 is 5.97 Å². The summed E-state index contributed by atoms with van der Waals surface area (Å²) < 4.78 is 4.46. The summed E-state index contributed by atoms with van der Waals surface area (Å²) in [6.07, 6.45) is 0. The van der Waals surface area contributed by atoms with Crippen molar-refractivity contribution in [3.63, 3.8) is 0 Å². The SMILES string of the molecule is COC(=O)CN1C(=O)C(=O)c2cccc(Cl)c21. The van der Waals surface area contributed by atoms with Gasteiger partial charge in [-0.25, -0.2) is 0 Å². The number of Topliss-reactive ketones (excluding diaryl/α,β-unsaturated/α-hetero) is 1. The molecule has 0 radical (unpaired) electrons. The molecule has 2 rings (SSSR count). The highest BCUT2D eigenvalue weighted by Gasteiger charge is 2.38. The van der Waals surface area contributed by atoms with Crippen molar-refractivity contribution in [3.05, 3.63) is 28.8 Å². The molecule has 1 aromatic rings. The van der Waals surface area contributed by atoms with E-state index in [-0.39, 0.29) is 22.8 Å². The normalized spacial score (nSPS) is 13.9. The number of rotatable bonds is 2. The van der Waals surface area contributed by atoms with Crippen molar-refractivity contribution in [1.82, 2.24) is 0 Å². The van der Waals surface area contributed by atoms with Gasteiger partial charge in [0.15, 0.2) is 0 Å². The molecule has 0 atom stereocenters. The number of amides is 1. The highest BCUT2D eigenvalue weighted by atomic mass is 35.5. The smallest absolute Gasteiger partial charge is 0.325 e. The topological polar surface area (TPSA) is 63.7 Å². The van der Waals surface area contributed by atoms with E-state index in [1.54, 1.807) is 12.1 Å². The second kappa shape index (κ2) is 4.18. The van der Waals surface area contributed by atoms with E-state index in [1.807, 2.05) is 0 Å². The molecule has 0 unspecified atom stereocenters. The van der Waals surface area contributed by atoms with E-state index in [0.717, 1.165) is 4.90 Å². The molecule has 0 aromatic heterocycles. The van der Waals surface area contributed by atoms with Gasteiger partial charge < -0.3 is 4.74 Å². The third kappa shape index (κ3) is 1.78. The quantitative estimate of drug-likeness (QED) is 0.584. The van der Waals surface area contributed by atoms with Crippen molar-refractivity contribution in [2.75, 3.05) is 18.6 Å². The molecule has 0 saturated heterocycles. The molecule has 1 aromatic carbocycles. The number of anilines is 1. The third-order valence-electron chi connectivity index (χ3n) is 2.46. The van der Waals surface area contributed by atoms with Crippen LogP contribution in [-0.2, 0) is 14.3 Å². The van der Waals surface area contributed by atoms with Gasteiger partial charge in [0.25, 0.3) is 11.7 Å². The van der Waals surface area contributed by atoms with Gasteiger partial charge in [-0.3, -0.25) is 19.3 Å². The minimum Gasteiger partial charge on any atom is -0.468 e. The van der Waals surface area contributed by atoms with E-state index in [9.17, 15) is 14.4 Å². The largest absolute Gasteiger partial charge is 0.468 e. The van der Waals surface area contributed by atoms with E-state index in [0.29, 0.717) is 0 Å². The van der Waals surface area contributed by atoms with Crippen LogP contribution in [0.15, 0.2) is 18.2 Å². The van der Waals surface area contributed by atoms with Crippen LogP contribution in [0, 0.1) is 0 Å². The third-order valence-corrected chi connectivity index (χ3v) is 2.76. The highest BCUT2D eigenvalue weighted by molar-refractivity contribution is 6.54. The molecule has 0 fully saturated rings. The zero-order chi connectivity index (χ0) is 12.6. The standard InChI is InChI=1S/C11H8ClNO4/c1-17-8(14)5-13-9-6(10(15)11(13)16)3-2-4-7(9)12/h2-4H,5H2,1H3. The Balaban J connectivity index is 2.47. The first-order chi connectivity index (χ1) is 8.06. The van der Waals surface area contributed by atoms with Crippen LogP contribution in [0.5, 0.6) is 0 Å². The number of nitrogens with zero attached hydrogens (tertiary/aromatic N) is 1. The Morgan fingerprint density at radius 1 is 1.41 bits per heavy atom. The lowest BCUT2D eigenvalue weighted by atomic mass is 10.1. The van der Waals surface area contributed by atoms with Gasteiger partial charge in [-0.2, -0.15) is 0 Å². The summed E-state index contributed by atoms with van der Waals surface area (Å²) in [5.41, 5.74) is 0.487. The van der Waals surface area contributed by atoms with Crippen LogP contribution in [0.2, 0.25) is 5.02 Å². The van der Waals surface area contributed by atoms with Gasteiger partial charge in [0, 0.05) is 0 Å². The number of hydrogen-bond donors (Lipinski definition) is 0. The lowest BCUT2D eigenvalue weighted by Gasteiger charge is -2.15. The van der Waals surface area contributed by atoms with E-state index in [4.69, 9.17) is 11.6 Å². The molecule has 17 heavy (non-hydrogen) atoms. The first kappa shape index (κ1) is 11.6. The lowest BCUT2D eigenvalue weighted by Crippen LogP contribution is -2.35. The summed E-state index contributed by atoms with van der Waals surface area (Å²) in [5.74, 6) is -2.04. The van der Waals surface area contributed by atoms with E-state index in [1.165, 1.54) is 13.2 Å². The van der Waals surface area contributed by atoms with Crippen molar-refractivity contribution in [1.29, 1.82) is 0 Å². The zero-order valence-corrected chi connectivity index (χ0v) is 9.65. The Bertz CT molecular complexity index is 526. The number of halogens is 1. The Hall–Kier alpha value is -1.88. The Morgan fingerprint density at radius 2 is 2.12 bits per heavy atom. The molecule has 0 saturated carbocycles. The average molecular weight is 254 g/mol. The molecule has 5 nitrogen and oxygen atoms in total. The second-order valence-corrected chi connectivity index (χ2v) is 3.84.